The highest BCUT2D eigenvalue weighted by Crippen LogP contribution is 2.19. The number of rotatable bonds is 17. The van der Waals surface area contributed by atoms with Crippen LogP contribution >= 0.6 is 0 Å². The molecule has 0 aliphatic carbocycles. The third kappa shape index (κ3) is 11.7. The van der Waals surface area contributed by atoms with Crippen LogP contribution in [0.5, 0.6) is 0 Å². The predicted octanol–water partition coefficient (Wildman–Crippen LogP) is 8.41. The van der Waals surface area contributed by atoms with E-state index in [4.69, 9.17) is 0 Å². The van der Waals surface area contributed by atoms with Gasteiger partial charge in [0.05, 0.1) is 0 Å². The van der Waals surface area contributed by atoms with E-state index >= 15 is 0 Å². The fourth-order valence-corrected chi connectivity index (χ4v) is 3.51. The summed E-state index contributed by atoms with van der Waals surface area (Å²) >= 11 is 0. The van der Waals surface area contributed by atoms with Crippen LogP contribution in [0.15, 0.2) is 43.0 Å². The standard InChI is InChI=1S/C26H43N/c1-4-7-10-12-14-16-23-27(24-17-15-13-11-8-5-2)26-21-19-25(20-22-26)18-9-6-3/h6,9,18-22H,3-5,7-8,10-17,23-24H2,1-2H3. The van der Waals surface area contributed by atoms with Crippen LogP contribution < -0.4 is 4.90 Å². The minimum Gasteiger partial charge on any atom is -0.372 e. The van der Waals surface area contributed by atoms with Gasteiger partial charge in [-0.25, -0.2) is 0 Å². The van der Waals surface area contributed by atoms with Crippen molar-refractivity contribution in [2.75, 3.05) is 18.0 Å². The van der Waals surface area contributed by atoms with E-state index in [1.165, 1.54) is 101 Å². The zero-order valence-electron chi connectivity index (χ0n) is 18.1. The zero-order chi connectivity index (χ0) is 19.6. The van der Waals surface area contributed by atoms with Crippen LogP contribution in [-0.2, 0) is 0 Å². The van der Waals surface area contributed by atoms with Gasteiger partial charge in [-0.2, -0.15) is 0 Å². The SMILES string of the molecule is C=CC=Cc1ccc(N(CCCCCCCC)CCCCCCCC)cc1. The molecule has 0 heterocycles. The average Bonchev–Trinajstić information content (AvgIpc) is 2.70. The predicted molar refractivity (Wildman–Crippen MR) is 125 cm³/mol. The van der Waals surface area contributed by atoms with E-state index in [1.54, 1.807) is 0 Å². The second kappa shape index (κ2) is 16.7. The summed E-state index contributed by atoms with van der Waals surface area (Å²) in [6.45, 7) is 10.7. The van der Waals surface area contributed by atoms with Gasteiger partial charge in [0.15, 0.2) is 0 Å². The molecule has 0 atom stereocenters. The van der Waals surface area contributed by atoms with Crippen molar-refractivity contribution in [2.45, 2.75) is 90.9 Å². The molecule has 0 aliphatic heterocycles. The second-order valence-electron chi connectivity index (χ2n) is 7.71. The summed E-state index contributed by atoms with van der Waals surface area (Å²) in [7, 11) is 0. The highest BCUT2D eigenvalue weighted by atomic mass is 15.1. The molecular formula is C26H43N. The molecule has 0 bridgehead atoms. The fraction of sp³-hybridized carbons (Fsp3) is 0.615. The molecule has 0 saturated heterocycles. The number of hydrogen-bond acceptors (Lipinski definition) is 1. The van der Waals surface area contributed by atoms with Gasteiger partial charge in [-0.3, -0.25) is 0 Å². The zero-order valence-corrected chi connectivity index (χ0v) is 18.1. The first kappa shape index (κ1) is 23.5. The number of hydrogen-bond donors (Lipinski definition) is 0. The van der Waals surface area contributed by atoms with Crippen LogP contribution in [0.2, 0.25) is 0 Å². The number of anilines is 1. The molecule has 0 unspecified atom stereocenters. The average molecular weight is 370 g/mol. The van der Waals surface area contributed by atoms with Crippen molar-refractivity contribution in [3.05, 3.63) is 48.6 Å². The first-order valence-electron chi connectivity index (χ1n) is 11.5. The van der Waals surface area contributed by atoms with Crippen molar-refractivity contribution in [1.82, 2.24) is 0 Å². The molecule has 27 heavy (non-hydrogen) atoms. The number of allylic oxidation sites excluding steroid dienone is 2. The molecule has 0 N–H and O–H groups in total. The van der Waals surface area contributed by atoms with Crippen LogP contribution in [0, 0.1) is 0 Å². The van der Waals surface area contributed by atoms with Crippen molar-refractivity contribution >= 4 is 11.8 Å². The van der Waals surface area contributed by atoms with Crippen molar-refractivity contribution in [2.24, 2.45) is 0 Å². The normalized spacial score (nSPS) is 11.2. The minimum absolute atomic E-state index is 1.20. The summed E-state index contributed by atoms with van der Waals surface area (Å²) < 4.78 is 0. The van der Waals surface area contributed by atoms with Crippen LogP contribution in [-0.4, -0.2) is 13.1 Å². The quantitative estimate of drug-likeness (QED) is 0.197. The first-order chi connectivity index (χ1) is 13.3. The van der Waals surface area contributed by atoms with E-state index in [0.717, 1.165) is 0 Å². The summed E-state index contributed by atoms with van der Waals surface area (Å²) in [6, 6.07) is 9.03. The van der Waals surface area contributed by atoms with E-state index in [0.29, 0.717) is 0 Å². The molecule has 1 rings (SSSR count). The maximum Gasteiger partial charge on any atom is 0.0366 e. The molecule has 0 aromatic heterocycles. The minimum atomic E-state index is 1.20. The number of benzene rings is 1. The lowest BCUT2D eigenvalue weighted by atomic mass is 10.1. The van der Waals surface area contributed by atoms with Gasteiger partial charge >= 0.3 is 0 Å². The number of nitrogens with zero attached hydrogens (tertiary/aromatic N) is 1. The summed E-state index contributed by atoms with van der Waals surface area (Å²) in [5.41, 5.74) is 2.63. The van der Waals surface area contributed by atoms with Crippen LogP contribution in [0.3, 0.4) is 0 Å². The molecule has 1 heteroatoms. The highest BCUT2D eigenvalue weighted by molar-refractivity contribution is 5.56. The van der Waals surface area contributed by atoms with Gasteiger partial charge in [-0.1, -0.05) is 115 Å². The maximum atomic E-state index is 3.75. The third-order valence-electron chi connectivity index (χ3n) is 5.25. The van der Waals surface area contributed by atoms with E-state index in [1.807, 2.05) is 12.2 Å². The molecule has 152 valence electrons. The van der Waals surface area contributed by atoms with E-state index in [-0.39, 0.29) is 0 Å². The molecule has 0 saturated carbocycles. The Morgan fingerprint density at radius 2 is 1.19 bits per heavy atom. The Labute approximate surface area is 169 Å². The van der Waals surface area contributed by atoms with Crippen molar-refractivity contribution in [1.29, 1.82) is 0 Å². The topological polar surface area (TPSA) is 3.24 Å². The summed E-state index contributed by atoms with van der Waals surface area (Å²) in [5, 5.41) is 0. The third-order valence-corrected chi connectivity index (χ3v) is 5.25. The Kier molecular flexibility index (Phi) is 14.5. The molecule has 1 aromatic carbocycles. The van der Waals surface area contributed by atoms with Gasteiger partial charge in [-0.15, -0.1) is 0 Å². The van der Waals surface area contributed by atoms with Crippen LogP contribution in [0.25, 0.3) is 6.08 Å². The van der Waals surface area contributed by atoms with E-state index in [9.17, 15) is 0 Å². The monoisotopic (exact) mass is 369 g/mol. The van der Waals surface area contributed by atoms with Crippen molar-refractivity contribution in [3.8, 4) is 0 Å². The van der Waals surface area contributed by atoms with Gasteiger partial charge in [0.2, 0.25) is 0 Å². The van der Waals surface area contributed by atoms with Crippen LogP contribution in [0.4, 0.5) is 5.69 Å². The maximum absolute atomic E-state index is 3.75. The van der Waals surface area contributed by atoms with E-state index in [2.05, 4.69) is 55.7 Å². The number of unbranched alkanes of at least 4 members (excludes halogenated alkanes) is 10. The molecule has 0 amide bonds. The molecule has 1 nitrogen and oxygen atoms in total. The Balaban J connectivity index is 2.49. The largest absolute Gasteiger partial charge is 0.372 e. The van der Waals surface area contributed by atoms with E-state index < -0.39 is 0 Å². The summed E-state index contributed by atoms with van der Waals surface area (Å²) in [6.07, 6.45) is 22.3. The summed E-state index contributed by atoms with van der Waals surface area (Å²) in [4.78, 5) is 2.61. The first-order valence-corrected chi connectivity index (χ1v) is 11.5. The van der Waals surface area contributed by atoms with Gasteiger partial charge in [0.25, 0.3) is 0 Å². The molecule has 1 aromatic rings. The molecule has 0 aliphatic rings. The summed E-state index contributed by atoms with van der Waals surface area (Å²) in [5.74, 6) is 0. The highest BCUT2D eigenvalue weighted by Gasteiger charge is 2.06. The Bertz CT molecular complexity index is 469. The van der Waals surface area contributed by atoms with Gasteiger partial charge in [0, 0.05) is 18.8 Å². The molecule has 0 radical (unpaired) electrons. The fourth-order valence-electron chi connectivity index (χ4n) is 3.51. The van der Waals surface area contributed by atoms with Gasteiger partial charge < -0.3 is 4.90 Å². The molecule has 0 fully saturated rings. The smallest absolute Gasteiger partial charge is 0.0366 e. The van der Waals surface area contributed by atoms with Crippen molar-refractivity contribution in [3.63, 3.8) is 0 Å². The molecule has 0 spiro atoms. The Hall–Kier alpha value is -1.50. The molecular weight excluding hydrogens is 326 g/mol. The van der Waals surface area contributed by atoms with Gasteiger partial charge in [-0.05, 0) is 30.5 Å². The Morgan fingerprint density at radius 1 is 0.704 bits per heavy atom. The van der Waals surface area contributed by atoms with Crippen molar-refractivity contribution < 1.29 is 0 Å². The lowest BCUT2D eigenvalue weighted by molar-refractivity contribution is 0.575. The lowest BCUT2D eigenvalue weighted by Gasteiger charge is -2.25. The Morgan fingerprint density at radius 3 is 1.67 bits per heavy atom. The lowest BCUT2D eigenvalue weighted by Crippen LogP contribution is -2.25. The van der Waals surface area contributed by atoms with Crippen LogP contribution in [0.1, 0.15) is 96.5 Å². The van der Waals surface area contributed by atoms with Gasteiger partial charge in [0.1, 0.15) is 0 Å². The second-order valence-corrected chi connectivity index (χ2v) is 7.71.